The van der Waals surface area contributed by atoms with Gasteiger partial charge in [-0.2, -0.15) is 0 Å². The molecule has 0 unspecified atom stereocenters. The van der Waals surface area contributed by atoms with Crippen LogP contribution >= 0.6 is 11.6 Å². The average molecular weight is 428 g/mol. The fraction of sp³-hybridized carbons (Fsp3) is 0.227. The Balaban J connectivity index is 2.11. The number of ether oxygens (including phenoxy) is 2. The van der Waals surface area contributed by atoms with E-state index < -0.39 is 11.5 Å². The molecule has 0 saturated carbocycles. The molecule has 0 atom stereocenters. The summed E-state index contributed by atoms with van der Waals surface area (Å²) in [5, 5.41) is 2.68. The molecule has 0 aliphatic rings. The van der Waals surface area contributed by atoms with Crippen LogP contribution in [0.4, 0.5) is 0 Å². The molecule has 0 aliphatic heterocycles. The van der Waals surface area contributed by atoms with Crippen LogP contribution in [0.25, 0.3) is 11.3 Å². The van der Waals surface area contributed by atoms with E-state index in [4.69, 9.17) is 21.1 Å². The van der Waals surface area contributed by atoms with Crippen LogP contribution in [-0.2, 0) is 11.3 Å². The van der Waals surface area contributed by atoms with Crippen LogP contribution in [0.3, 0.4) is 0 Å². The van der Waals surface area contributed by atoms with Gasteiger partial charge in [0.2, 0.25) is 0 Å². The Hall–Kier alpha value is -3.16. The molecule has 0 radical (unpaired) electrons. The molecule has 0 bridgehead atoms. The molecule has 0 spiro atoms. The molecule has 30 heavy (non-hydrogen) atoms. The largest absolute Gasteiger partial charge is 0.497 e. The van der Waals surface area contributed by atoms with E-state index >= 15 is 0 Å². The number of rotatable bonds is 8. The van der Waals surface area contributed by atoms with Crippen molar-refractivity contribution in [1.82, 2.24) is 14.9 Å². The Bertz CT molecular complexity index is 1070. The number of nitrogens with one attached hydrogen (secondary N) is 1. The van der Waals surface area contributed by atoms with E-state index in [0.29, 0.717) is 23.6 Å². The summed E-state index contributed by atoms with van der Waals surface area (Å²) < 4.78 is 11.6. The molecule has 0 aliphatic carbocycles. The molecule has 0 saturated heterocycles. The Morgan fingerprint density at radius 1 is 1.10 bits per heavy atom. The molecule has 1 N–H and O–H groups in total. The van der Waals surface area contributed by atoms with Crippen molar-refractivity contribution < 1.29 is 14.3 Å². The Morgan fingerprint density at radius 2 is 1.80 bits per heavy atom. The van der Waals surface area contributed by atoms with Crippen molar-refractivity contribution in [3.63, 3.8) is 0 Å². The fourth-order valence-corrected chi connectivity index (χ4v) is 3.27. The monoisotopic (exact) mass is 427 g/mol. The molecular formula is C22H22ClN3O4. The molecule has 8 heteroatoms. The van der Waals surface area contributed by atoms with E-state index in [-0.39, 0.29) is 23.9 Å². The van der Waals surface area contributed by atoms with E-state index in [9.17, 15) is 9.59 Å². The van der Waals surface area contributed by atoms with Gasteiger partial charge in [-0.05, 0) is 29.8 Å². The first-order valence-corrected chi connectivity index (χ1v) is 9.68. The van der Waals surface area contributed by atoms with Gasteiger partial charge < -0.3 is 14.8 Å². The van der Waals surface area contributed by atoms with Gasteiger partial charge in [-0.3, -0.25) is 14.2 Å². The lowest BCUT2D eigenvalue weighted by molar-refractivity contribution is 0.0930. The van der Waals surface area contributed by atoms with Crippen LogP contribution in [0, 0.1) is 0 Å². The predicted octanol–water partition coefficient (Wildman–Crippen LogP) is 3.00. The van der Waals surface area contributed by atoms with Crippen molar-refractivity contribution in [2.75, 3.05) is 27.4 Å². The third kappa shape index (κ3) is 4.87. The lowest BCUT2D eigenvalue weighted by Gasteiger charge is -2.16. The van der Waals surface area contributed by atoms with Crippen LogP contribution in [0.2, 0.25) is 5.15 Å². The van der Waals surface area contributed by atoms with Crippen molar-refractivity contribution >= 4 is 17.5 Å². The number of benzene rings is 2. The summed E-state index contributed by atoms with van der Waals surface area (Å²) in [6, 6.07) is 16.6. The number of methoxy groups -OCH3 is 2. The van der Waals surface area contributed by atoms with Crippen LogP contribution in [0.5, 0.6) is 5.75 Å². The summed E-state index contributed by atoms with van der Waals surface area (Å²) in [6.07, 6.45) is 0. The molecule has 0 fully saturated rings. The summed E-state index contributed by atoms with van der Waals surface area (Å²) in [4.78, 5) is 29.9. The number of hydrogen-bond donors (Lipinski definition) is 1. The average Bonchev–Trinajstić information content (AvgIpc) is 2.77. The normalized spacial score (nSPS) is 10.6. The maximum absolute atomic E-state index is 13.2. The van der Waals surface area contributed by atoms with Gasteiger partial charge >= 0.3 is 0 Å². The van der Waals surface area contributed by atoms with E-state index in [0.717, 1.165) is 5.56 Å². The van der Waals surface area contributed by atoms with Gasteiger partial charge in [0.05, 0.1) is 26.0 Å². The number of nitrogens with zero attached hydrogens (tertiary/aromatic N) is 2. The highest BCUT2D eigenvalue weighted by Crippen LogP contribution is 2.28. The van der Waals surface area contributed by atoms with Crippen LogP contribution in [0.15, 0.2) is 59.4 Å². The van der Waals surface area contributed by atoms with E-state index in [1.807, 2.05) is 30.3 Å². The standard InChI is InChI=1S/C22H22ClN3O4/c1-29-13-12-24-21(27)18-22(28)26(14-15-6-4-3-5-7-15)19(20(23)25-18)16-8-10-17(30-2)11-9-16/h3-11H,12-14H2,1-2H3,(H,24,27). The number of carbonyl (C=O) groups is 1. The SMILES string of the molecule is COCCNC(=O)c1nc(Cl)c(-c2ccc(OC)cc2)n(Cc2ccccc2)c1=O. The van der Waals surface area contributed by atoms with Crippen LogP contribution in [0.1, 0.15) is 16.1 Å². The minimum absolute atomic E-state index is 0.0626. The summed E-state index contributed by atoms with van der Waals surface area (Å²) in [5.74, 6) is 0.0796. The molecule has 3 aromatic rings. The first kappa shape index (κ1) is 21.5. The second kappa shape index (κ2) is 10.0. The van der Waals surface area contributed by atoms with Gasteiger partial charge in [0, 0.05) is 19.2 Å². The van der Waals surface area contributed by atoms with Crippen molar-refractivity contribution in [2.45, 2.75) is 6.54 Å². The zero-order chi connectivity index (χ0) is 21.5. The molecule has 2 aromatic carbocycles. The topological polar surface area (TPSA) is 82.4 Å². The number of halogens is 1. The summed E-state index contributed by atoms with van der Waals surface area (Å²) in [7, 11) is 3.10. The minimum atomic E-state index is -0.595. The minimum Gasteiger partial charge on any atom is -0.497 e. The third-order valence-corrected chi connectivity index (χ3v) is 4.74. The van der Waals surface area contributed by atoms with Crippen molar-refractivity contribution in [2.24, 2.45) is 0 Å². The molecule has 3 rings (SSSR count). The number of carbonyl (C=O) groups excluding carboxylic acids is 1. The lowest BCUT2D eigenvalue weighted by Crippen LogP contribution is -2.36. The highest BCUT2D eigenvalue weighted by atomic mass is 35.5. The number of aromatic nitrogens is 2. The smallest absolute Gasteiger partial charge is 0.283 e. The molecule has 7 nitrogen and oxygen atoms in total. The van der Waals surface area contributed by atoms with E-state index in [2.05, 4.69) is 10.3 Å². The third-order valence-electron chi connectivity index (χ3n) is 4.48. The zero-order valence-electron chi connectivity index (χ0n) is 16.7. The number of amides is 1. The van der Waals surface area contributed by atoms with Crippen molar-refractivity contribution in [3.05, 3.63) is 81.4 Å². The predicted molar refractivity (Wildman–Crippen MR) is 115 cm³/mol. The first-order chi connectivity index (χ1) is 14.5. The highest BCUT2D eigenvalue weighted by Gasteiger charge is 2.21. The Kier molecular flexibility index (Phi) is 7.21. The maximum atomic E-state index is 13.2. The Labute approximate surface area is 179 Å². The van der Waals surface area contributed by atoms with Gasteiger partial charge in [0.25, 0.3) is 11.5 Å². The summed E-state index contributed by atoms with van der Waals surface area (Å²) in [5.41, 5.74) is 1.23. The summed E-state index contributed by atoms with van der Waals surface area (Å²) >= 11 is 6.48. The van der Waals surface area contributed by atoms with Crippen LogP contribution in [-0.4, -0.2) is 42.8 Å². The van der Waals surface area contributed by atoms with Crippen molar-refractivity contribution in [3.8, 4) is 17.0 Å². The quantitative estimate of drug-likeness (QED) is 0.559. The summed E-state index contributed by atoms with van der Waals surface area (Å²) in [6.45, 7) is 0.816. The molecule has 156 valence electrons. The van der Waals surface area contributed by atoms with Gasteiger partial charge in [0.15, 0.2) is 10.8 Å². The maximum Gasteiger partial charge on any atom is 0.283 e. The zero-order valence-corrected chi connectivity index (χ0v) is 17.5. The van der Waals surface area contributed by atoms with Gasteiger partial charge in [0.1, 0.15) is 5.75 Å². The van der Waals surface area contributed by atoms with E-state index in [1.165, 1.54) is 11.7 Å². The second-order valence-electron chi connectivity index (χ2n) is 6.45. The van der Waals surface area contributed by atoms with Gasteiger partial charge in [-0.15, -0.1) is 0 Å². The number of hydrogen-bond acceptors (Lipinski definition) is 5. The fourth-order valence-electron chi connectivity index (χ4n) is 2.98. The van der Waals surface area contributed by atoms with E-state index in [1.54, 1.807) is 31.4 Å². The molecule has 1 amide bonds. The molecule has 1 heterocycles. The molecular weight excluding hydrogens is 406 g/mol. The van der Waals surface area contributed by atoms with Crippen molar-refractivity contribution in [1.29, 1.82) is 0 Å². The van der Waals surface area contributed by atoms with Gasteiger partial charge in [-0.25, -0.2) is 4.98 Å². The highest BCUT2D eigenvalue weighted by molar-refractivity contribution is 6.32. The van der Waals surface area contributed by atoms with Crippen LogP contribution < -0.4 is 15.6 Å². The van der Waals surface area contributed by atoms with Gasteiger partial charge in [-0.1, -0.05) is 41.9 Å². The molecule has 1 aromatic heterocycles. The Morgan fingerprint density at radius 3 is 2.43 bits per heavy atom. The second-order valence-corrected chi connectivity index (χ2v) is 6.81. The lowest BCUT2D eigenvalue weighted by atomic mass is 10.1. The first-order valence-electron chi connectivity index (χ1n) is 9.31.